The van der Waals surface area contributed by atoms with E-state index in [2.05, 4.69) is 17.1 Å². The summed E-state index contributed by atoms with van der Waals surface area (Å²) in [5, 5.41) is 3.45. The van der Waals surface area contributed by atoms with E-state index in [1.807, 2.05) is 6.92 Å². The molecule has 0 amide bonds. The zero-order valence-corrected chi connectivity index (χ0v) is 11.4. The van der Waals surface area contributed by atoms with Crippen molar-refractivity contribution in [3.63, 3.8) is 0 Å². The van der Waals surface area contributed by atoms with Crippen molar-refractivity contribution in [2.75, 3.05) is 31.6 Å². The standard InChI is InChI=1S/C11H24N2O2S/c1-4-12-11-5-7-13(8-6-11)10(2)9-16(3,14)15/h10-12H,4-9H2,1-3H3. The number of likely N-dealkylation sites (tertiary alicyclic amines) is 1. The van der Waals surface area contributed by atoms with Gasteiger partial charge in [-0.2, -0.15) is 0 Å². The van der Waals surface area contributed by atoms with Crippen LogP contribution < -0.4 is 5.32 Å². The Morgan fingerprint density at radius 1 is 1.38 bits per heavy atom. The van der Waals surface area contributed by atoms with Crippen molar-refractivity contribution in [1.29, 1.82) is 0 Å². The summed E-state index contributed by atoms with van der Waals surface area (Å²) in [6.07, 6.45) is 3.57. The minimum absolute atomic E-state index is 0.151. The molecule has 1 aliphatic rings. The monoisotopic (exact) mass is 248 g/mol. The maximum atomic E-state index is 11.2. The first kappa shape index (κ1) is 13.9. The maximum Gasteiger partial charge on any atom is 0.148 e. The second kappa shape index (κ2) is 5.98. The molecule has 16 heavy (non-hydrogen) atoms. The van der Waals surface area contributed by atoms with Gasteiger partial charge in [0.25, 0.3) is 0 Å². The van der Waals surface area contributed by atoms with Crippen molar-refractivity contribution in [2.24, 2.45) is 0 Å². The van der Waals surface area contributed by atoms with E-state index in [1.54, 1.807) is 0 Å². The van der Waals surface area contributed by atoms with Gasteiger partial charge in [0.1, 0.15) is 9.84 Å². The predicted molar refractivity (Wildman–Crippen MR) is 67.4 cm³/mol. The number of nitrogens with one attached hydrogen (secondary N) is 1. The largest absolute Gasteiger partial charge is 0.314 e. The van der Waals surface area contributed by atoms with Gasteiger partial charge >= 0.3 is 0 Å². The molecule has 96 valence electrons. The maximum absolute atomic E-state index is 11.2. The van der Waals surface area contributed by atoms with Crippen LogP contribution >= 0.6 is 0 Å². The summed E-state index contributed by atoms with van der Waals surface area (Å²) in [4.78, 5) is 2.29. The molecular formula is C11H24N2O2S. The highest BCUT2D eigenvalue weighted by molar-refractivity contribution is 7.90. The smallest absolute Gasteiger partial charge is 0.148 e. The third-order valence-corrected chi connectivity index (χ3v) is 4.28. The molecule has 0 aromatic rings. The summed E-state index contributed by atoms with van der Waals surface area (Å²) in [6.45, 7) is 7.17. The molecule has 0 spiro atoms. The molecule has 0 radical (unpaired) electrons. The normalized spacial score (nSPS) is 22.2. The Balaban J connectivity index is 2.36. The van der Waals surface area contributed by atoms with Crippen molar-refractivity contribution in [2.45, 2.75) is 38.8 Å². The van der Waals surface area contributed by atoms with Crippen molar-refractivity contribution in [1.82, 2.24) is 10.2 Å². The molecule has 4 nitrogen and oxygen atoms in total. The Bertz CT molecular complexity index is 295. The highest BCUT2D eigenvalue weighted by atomic mass is 32.2. The van der Waals surface area contributed by atoms with Crippen LogP contribution in [0.3, 0.4) is 0 Å². The average molecular weight is 248 g/mol. The van der Waals surface area contributed by atoms with Gasteiger partial charge in [0.05, 0.1) is 5.75 Å². The van der Waals surface area contributed by atoms with Gasteiger partial charge in [-0.05, 0) is 39.4 Å². The third kappa shape index (κ3) is 4.80. The molecule has 1 heterocycles. The van der Waals surface area contributed by atoms with Gasteiger partial charge in [-0.25, -0.2) is 8.42 Å². The van der Waals surface area contributed by atoms with Crippen LogP contribution in [0.4, 0.5) is 0 Å². The van der Waals surface area contributed by atoms with Gasteiger partial charge in [-0.3, -0.25) is 4.90 Å². The van der Waals surface area contributed by atoms with Gasteiger partial charge in [0, 0.05) is 18.3 Å². The first-order valence-electron chi connectivity index (χ1n) is 6.07. The molecule has 1 N–H and O–H groups in total. The second-order valence-electron chi connectivity index (χ2n) is 4.81. The minimum Gasteiger partial charge on any atom is -0.314 e. The van der Waals surface area contributed by atoms with Gasteiger partial charge in [-0.15, -0.1) is 0 Å². The lowest BCUT2D eigenvalue weighted by Gasteiger charge is -2.36. The summed E-state index contributed by atoms with van der Waals surface area (Å²) >= 11 is 0. The number of nitrogens with zero attached hydrogens (tertiary/aromatic N) is 1. The SMILES string of the molecule is CCNC1CCN(C(C)CS(C)(=O)=O)CC1. The fraction of sp³-hybridized carbons (Fsp3) is 1.00. The van der Waals surface area contributed by atoms with Gasteiger partial charge < -0.3 is 5.32 Å². The summed E-state index contributed by atoms with van der Waals surface area (Å²) in [5.74, 6) is 0.277. The molecule has 0 bridgehead atoms. The first-order chi connectivity index (χ1) is 7.42. The Kier molecular flexibility index (Phi) is 5.21. The molecular weight excluding hydrogens is 224 g/mol. The van der Waals surface area contributed by atoms with Crippen molar-refractivity contribution in [3.8, 4) is 0 Å². The van der Waals surface area contributed by atoms with E-state index < -0.39 is 9.84 Å². The van der Waals surface area contributed by atoms with E-state index in [4.69, 9.17) is 0 Å². The molecule has 1 atom stereocenters. The van der Waals surface area contributed by atoms with Crippen LogP contribution in [0.1, 0.15) is 26.7 Å². The quantitative estimate of drug-likeness (QED) is 0.769. The lowest BCUT2D eigenvalue weighted by Crippen LogP contribution is -2.47. The Morgan fingerprint density at radius 3 is 2.38 bits per heavy atom. The Hall–Kier alpha value is -0.130. The summed E-state index contributed by atoms with van der Waals surface area (Å²) < 4.78 is 22.4. The second-order valence-corrected chi connectivity index (χ2v) is 6.99. The number of piperidine rings is 1. The van der Waals surface area contributed by atoms with E-state index in [0.29, 0.717) is 6.04 Å². The third-order valence-electron chi connectivity index (χ3n) is 3.19. The highest BCUT2D eigenvalue weighted by Gasteiger charge is 2.23. The zero-order valence-electron chi connectivity index (χ0n) is 10.6. The number of hydrogen-bond acceptors (Lipinski definition) is 4. The van der Waals surface area contributed by atoms with Crippen molar-refractivity contribution in [3.05, 3.63) is 0 Å². The van der Waals surface area contributed by atoms with Crippen LogP contribution in [0.5, 0.6) is 0 Å². The number of rotatable bonds is 5. The van der Waals surface area contributed by atoms with Crippen LogP contribution in [-0.2, 0) is 9.84 Å². The fourth-order valence-corrected chi connectivity index (χ4v) is 3.46. The van der Waals surface area contributed by atoms with Crippen LogP contribution in [0.15, 0.2) is 0 Å². The fourth-order valence-electron chi connectivity index (χ4n) is 2.38. The molecule has 1 rings (SSSR count). The molecule has 1 saturated heterocycles. The Labute approximate surface area is 99.3 Å². The van der Waals surface area contributed by atoms with E-state index in [9.17, 15) is 8.42 Å². The van der Waals surface area contributed by atoms with Gasteiger partial charge in [0.15, 0.2) is 0 Å². The van der Waals surface area contributed by atoms with Crippen LogP contribution in [0.2, 0.25) is 0 Å². The van der Waals surface area contributed by atoms with Gasteiger partial charge in [-0.1, -0.05) is 6.92 Å². The number of hydrogen-bond donors (Lipinski definition) is 1. The summed E-state index contributed by atoms with van der Waals surface area (Å²) in [5.41, 5.74) is 0. The molecule has 0 aliphatic carbocycles. The predicted octanol–water partition coefficient (Wildman–Crippen LogP) is 0.493. The lowest BCUT2D eigenvalue weighted by molar-refractivity contribution is 0.163. The molecule has 1 fully saturated rings. The summed E-state index contributed by atoms with van der Waals surface area (Å²) in [6, 6.07) is 0.768. The molecule has 0 aromatic carbocycles. The molecule has 1 aliphatic heterocycles. The van der Waals surface area contributed by atoms with Gasteiger partial charge in [0.2, 0.25) is 0 Å². The van der Waals surface area contributed by atoms with E-state index >= 15 is 0 Å². The molecule has 0 aromatic heterocycles. The molecule has 5 heteroatoms. The van der Waals surface area contributed by atoms with Crippen molar-refractivity contribution >= 4 is 9.84 Å². The summed E-state index contributed by atoms with van der Waals surface area (Å²) in [7, 11) is -2.85. The zero-order chi connectivity index (χ0) is 12.2. The van der Waals surface area contributed by atoms with Crippen molar-refractivity contribution < 1.29 is 8.42 Å². The lowest BCUT2D eigenvalue weighted by atomic mass is 10.0. The van der Waals surface area contributed by atoms with Crippen LogP contribution in [0.25, 0.3) is 0 Å². The van der Waals surface area contributed by atoms with E-state index in [0.717, 1.165) is 32.5 Å². The average Bonchev–Trinajstić information content (AvgIpc) is 2.16. The molecule has 1 unspecified atom stereocenters. The highest BCUT2D eigenvalue weighted by Crippen LogP contribution is 2.13. The first-order valence-corrected chi connectivity index (χ1v) is 8.13. The van der Waals surface area contributed by atoms with E-state index in [-0.39, 0.29) is 11.8 Å². The topological polar surface area (TPSA) is 49.4 Å². The van der Waals surface area contributed by atoms with Crippen LogP contribution in [0, 0.1) is 0 Å². The number of sulfone groups is 1. The molecule has 0 saturated carbocycles. The van der Waals surface area contributed by atoms with Crippen LogP contribution in [-0.4, -0.2) is 57.0 Å². The minimum atomic E-state index is -2.85. The Morgan fingerprint density at radius 2 is 1.94 bits per heavy atom. The van der Waals surface area contributed by atoms with E-state index in [1.165, 1.54) is 6.26 Å².